The van der Waals surface area contributed by atoms with Gasteiger partial charge >= 0.3 is 0 Å². The van der Waals surface area contributed by atoms with Gasteiger partial charge in [-0.3, -0.25) is 14.8 Å². The van der Waals surface area contributed by atoms with Crippen LogP contribution in [0.5, 0.6) is 0 Å². The molecule has 0 bridgehead atoms. The van der Waals surface area contributed by atoms with Crippen LogP contribution in [0, 0.1) is 0 Å². The molecule has 0 spiro atoms. The summed E-state index contributed by atoms with van der Waals surface area (Å²) in [6, 6.07) is 8.26. The highest BCUT2D eigenvalue weighted by Gasteiger charge is 2.24. The van der Waals surface area contributed by atoms with Gasteiger partial charge in [0.05, 0.1) is 32.5 Å². The van der Waals surface area contributed by atoms with Crippen LogP contribution in [0.4, 0.5) is 0 Å². The monoisotopic (exact) mass is 537 g/mol. The molecule has 0 aliphatic carbocycles. The lowest BCUT2D eigenvalue weighted by molar-refractivity contribution is 0.0170. The first kappa shape index (κ1) is 24.6. The van der Waals surface area contributed by atoms with Gasteiger partial charge in [0, 0.05) is 57.9 Å². The zero-order chi connectivity index (χ0) is 19.6. The van der Waals surface area contributed by atoms with Gasteiger partial charge in [0.25, 0.3) is 0 Å². The van der Waals surface area contributed by atoms with E-state index >= 15 is 0 Å². The molecule has 2 aliphatic heterocycles. The fourth-order valence-corrected chi connectivity index (χ4v) is 3.90. The Morgan fingerprint density at radius 3 is 2.38 bits per heavy atom. The lowest BCUT2D eigenvalue weighted by Gasteiger charge is -2.35. The number of halogens is 2. The Labute approximate surface area is 196 Å². The Balaban J connectivity index is 0.00000300. The smallest absolute Gasteiger partial charge is 0.191 e. The van der Waals surface area contributed by atoms with E-state index < -0.39 is 0 Å². The van der Waals surface area contributed by atoms with Crippen LogP contribution in [0.2, 0.25) is 5.02 Å². The van der Waals surface area contributed by atoms with Crippen molar-refractivity contribution in [3.63, 3.8) is 0 Å². The average Bonchev–Trinajstić information content (AvgIpc) is 2.75. The molecular weight excluding hydrogens is 505 g/mol. The highest BCUT2D eigenvalue weighted by molar-refractivity contribution is 14.0. The summed E-state index contributed by atoms with van der Waals surface area (Å²) >= 11 is 6.51. The van der Waals surface area contributed by atoms with Crippen LogP contribution >= 0.6 is 35.6 Å². The summed E-state index contributed by atoms with van der Waals surface area (Å²) < 4.78 is 10.9. The van der Waals surface area contributed by atoms with Crippen LogP contribution in [-0.4, -0.2) is 95.0 Å². The first-order valence-corrected chi connectivity index (χ1v) is 10.5. The average molecular weight is 538 g/mol. The molecule has 1 aromatic rings. The summed E-state index contributed by atoms with van der Waals surface area (Å²) in [5.74, 6) is 0.818. The fourth-order valence-electron chi connectivity index (χ4n) is 3.64. The summed E-state index contributed by atoms with van der Waals surface area (Å²) in [6.07, 6.45) is 0. The van der Waals surface area contributed by atoms with Crippen molar-refractivity contribution in [1.82, 2.24) is 20.4 Å². The molecule has 0 saturated carbocycles. The van der Waals surface area contributed by atoms with Gasteiger partial charge in [-0.25, -0.2) is 0 Å². The number of morpholine rings is 2. The first-order chi connectivity index (χ1) is 13.8. The van der Waals surface area contributed by atoms with E-state index in [0.717, 1.165) is 88.8 Å². The maximum Gasteiger partial charge on any atom is 0.191 e. The van der Waals surface area contributed by atoms with E-state index in [9.17, 15) is 0 Å². The number of benzene rings is 1. The topological polar surface area (TPSA) is 61.4 Å². The predicted octanol–water partition coefficient (Wildman–Crippen LogP) is 1.83. The van der Waals surface area contributed by atoms with Gasteiger partial charge in [-0.15, -0.1) is 24.0 Å². The van der Waals surface area contributed by atoms with Gasteiger partial charge in [-0.1, -0.05) is 29.8 Å². The van der Waals surface area contributed by atoms with Crippen LogP contribution in [0.15, 0.2) is 29.3 Å². The molecule has 2 N–H and O–H groups in total. The highest BCUT2D eigenvalue weighted by Crippen LogP contribution is 2.27. The molecule has 9 heteroatoms. The van der Waals surface area contributed by atoms with Crippen LogP contribution in [0.1, 0.15) is 11.6 Å². The zero-order valence-electron chi connectivity index (χ0n) is 17.1. The third-order valence-electron chi connectivity index (χ3n) is 5.26. The minimum atomic E-state index is 0. The molecule has 1 atom stereocenters. The summed E-state index contributed by atoms with van der Waals surface area (Å²) in [4.78, 5) is 9.22. The number of aliphatic imine (C=N–C) groups is 1. The van der Waals surface area contributed by atoms with E-state index in [1.54, 1.807) is 0 Å². The van der Waals surface area contributed by atoms with E-state index in [1.807, 2.05) is 25.2 Å². The van der Waals surface area contributed by atoms with E-state index in [0.29, 0.717) is 0 Å². The summed E-state index contributed by atoms with van der Waals surface area (Å²) in [7, 11) is 1.81. The number of ether oxygens (including phenoxy) is 2. The molecular formula is C20H33ClIN5O2. The number of guanidine groups is 1. The van der Waals surface area contributed by atoms with Crippen molar-refractivity contribution in [2.45, 2.75) is 6.04 Å². The Morgan fingerprint density at radius 2 is 1.72 bits per heavy atom. The summed E-state index contributed by atoms with van der Waals surface area (Å²) in [5, 5.41) is 7.71. The number of rotatable bonds is 7. The molecule has 2 aliphatic rings. The molecule has 164 valence electrons. The van der Waals surface area contributed by atoms with Crippen molar-refractivity contribution < 1.29 is 9.47 Å². The van der Waals surface area contributed by atoms with Crippen LogP contribution < -0.4 is 10.6 Å². The first-order valence-electron chi connectivity index (χ1n) is 10.1. The fraction of sp³-hybridized carbons (Fsp3) is 0.650. The van der Waals surface area contributed by atoms with Crippen LogP contribution in [0.3, 0.4) is 0 Å². The number of hydrogen-bond donors (Lipinski definition) is 2. The molecule has 0 aromatic heterocycles. The number of nitrogens with one attached hydrogen (secondary N) is 2. The third kappa shape index (κ3) is 7.84. The van der Waals surface area contributed by atoms with Gasteiger partial charge < -0.3 is 20.1 Å². The van der Waals surface area contributed by atoms with Crippen molar-refractivity contribution in [2.75, 3.05) is 79.3 Å². The molecule has 0 radical (unpaired) electrons. The van der Waals surface area contributed by atoms with Crippen molar-refractivity contribution in [1.29, 1.82) is 0 Å². The Kier molecular flexibility index (Phi) is 11.6. The quantitative estimate of drug-likeness (QED) is 0.314. The predicted molar refractivity (Wildman–Crippen MR) is 129 cm³/mol. The van der Waals surface area contributed by atoms with Gasteiger partial charge in [-0.05, 0) is 11.6 Å². The molecule has 2 fully saturated rings. The van der Waals surface area contributed by atoms with Crippen LogP contribution in [-0.2, 0) is 9.47 Å². The van der Waals surface area contributed by atoms with Crippen LogP contribution in [0.25, 0.3) is 0 Å². The zero-order valence-corrected chi connectivity index (χ0v) is 20.2. The standard InChI is InChI=1S/C20H32ClN5O2.HI/c1-22-20(23-6-7-25-8-12-27-13-9-25)24-16-19(26-10-14-28-15-11-26)17-4-2-3-5-18(17)21;/h2-5,19H,6-16H2,1H3,(H2,22,23,24);1H. The van der Waals surface area contributed by atoms with Gasteiger partial charge in [-0.2, -0.15) is 0 Å². The maximum atomic E-state index is 6.51. The maximum absolute atomic E-state index is 6.51. The Hall–Kier alpha value is -0.650. The van der Waals surface area contributed by atoms with Crippen molar-refractivity contribution in [3.8, 4) is 0 Å². The molecule has 29 heavy (non-hydrogen) atoms. The second-order valence-corrected chi connectivity index (χ2v) is 7.43. The minimum Gasteiger partial charge on any atom is -0.379 e. The van der Waals surface area contributed by atoms with Crippen molar-refractivity contribution in [3.05, 3.63) is 34.9 Å². The van der Waals surface area contributed by atoms with Crippen molar-refractivity contribution in [2.24, 2.45) is 4.99 Å². The van der Waals surface area contributed by atoms with Gasteiger partial charge in [0.2, 0.25) is 0 Å². The Morgan fingerprint density at radius 1 is 1.07 bits per heavy atom. The second-order valence-electron chi connectivity index (χ2n) is 7.02. The van der Waals surface area contributed by atoms with E-state index in [-0.39, 0.29) is 30.0 Å². The molecule has 1 unspecified atom stereocenters. The molecule has 2 saturated heterocycles. The minimum absolute atomic E-state index is 0. The Bertz CT molecular complexity index is 625. The van der Waals surface area contributed by atoms with E-state index in [4.69, 9.17) is 21.1 Å². The third-order valence-corrected chi connectivity index (χ3v) is 5.61. The molecule has 2 heterocycles. The van der Waals surface area contributed by atoms with Gasteiger partial charge in [0.1, 0.15) is 0 Å². The highest BCUT2D eigenvalue weighted by atomic mass is 127. The summed E-state index contributed by atoms with van der Waals surface area (Å²) in [5.41, 5.74) is 1.14. The molecule has 0 amide bonds. The summed E-state index contributed by atoms with van der Waals surface area (Å²) in [6.45, 7) is 9.55. The lowest BCUT2D eigenvalue weighted by atomic mass is 10.0. The molecule has 3 rings (SSSR count). The van der Waals surface area contributed by atoms with E-state index in [2.05, 4.69) is 31.5 Å². The molecule has 1 aromatic carbocycles. The largest absolute Gasteiger partial charge is 0.379 e. The lowest BCUT2D eigenvalue weighted by Crippen LogP contribution is -2.48. The SMILES string of the molecule is CN=C(NCCN1CCOCC1)NCC(c1ccccc1Cl)N1CCOCC1.I. The molecule has 7 nitrogen and oxygen atoms in total. The van der Waals surface area contributed by atoms with Crippen molar-refractivity contribution >= 4 is 41.5 Å². The number of nitrogens with zero attached hydrogens (tertiary/aromatic N) is 3. The van der Waals surface area contributed by atoms with E-state index in [1.165, 1.54) is 0 Å². The van der Waals surface area contributed by atoms with Gasteiger partial charge in [0.15, 0.2) is 5.96 Å². The second kappa shape index (κ2) is 13.6. The number of hydrogen-bond acceptors (Lipinski definition) is 5. The normalized spacial score (nSPS) is 20.0.